The number of nitrogens with one attached hydrogen (secondary N) is 1. The standard InChI is InChI=1S/C17H18N2O3/c20-11-10-19-17(21)8-5-14-3-6-16(7-4-14)22-13-15-2-1-9-18-12-15/h1-9,12,20H,10-11,13H2,(H,19,21)/b8-5+. The van der Waals surface area contributed by atoms with E-state index in [1.54, 1.807) is 18.5 Å². The molecule has 0 aliphatic carbocycles. The molecule has 5 heteroatoms. The van der Waals surface area contributed by atoms with Crippen LogP contribution in [0.2, 0.25) is 0 Å². The summed E-state index contributed by atoms with van der Waals surface area (Å²) in [5.41, 5.74) is 1.90. The largest absolute Gasteiger partial charge is 0.489 e. The molecule has 2 rings (SSSR count). The summed E-state index contributed by atoms with van der Waals surface area (Å²) in [6.45, 7) is 0.652. The first-order valence-corrected chi connectivity index (χ1v) is 6.96. The van der Waals surface area contributed by atoms with E-state index >= 15 is 0 Å². The van der Waals surface area contributed by atoms with Crippen LogP contribution in [0.4, 0.5) is 0 Å². The van der Waals surface area contributed by atoms with Crippen molar-refractivity contribution < 1.29 is 14.6 Å². The quantitative estimate of drug-likeness (QED) is 0.764. The molecule has 1 amide bonds. The van der Waals surface area contributed by atoms with E-state index in [0.717, 1.165) is 16.9 Å². The van der Waals surface area contributed by atoms with Crippen molar-refractivity contribution in [3.63, 3.8) is 0 Å². The maximum absolute atomic E-state index is 11.4. The maximum Gasteiger partial charge on any atom is 0.244 e. The Morgan fingerprint density at radius 1 is 1.27 bits per heavy atom. The lowest BCUT2D eigenvalue weighted by atomic mass is 10.2. The molecule has 0 aliphatic rings. The predicted octanol–water partition coefficient (Wildman–Crippen LogP) is 1.78. The number of benzene rings is 1. The Hall–Kier alpha value is -2.66. The Labute approximate surface area is 129 Å². The number of rotatable bonds is 7. The number of carbonyl (C=O) groups excluding carboxylic acids is 1. The van der Waals surface area contributed by atoms with Crippen LogP contribution < -0.4 is 10.1 Å². The Kier molecular flexibility index (Phi) is 6.14. The highest BCUT2D eigenvalue weighted by Gasteiger charge is 1.97. The van der Waals surface area contributed by atoms with Crippen molar-refractivity contribution in [1.82, 2.24) is 10.3 Å². The highest BCUT2D eigenvalue weighted by molar-refractivity contribution is 5.91. The Morgan fingerprint density at radius 3 is 2.77 bits per heavy atom. The van der Waals surface area contributed by atoms with Gasteiger partial charge in [0.2, 0.25) is 5.91 Å². The summed E-state index contributed by atoms with van der Waals surface area (Å²) in [6.07, 6.45) is 6.63. The summed E-state index contributed by atoms with van der Waals surface area (Å²) in [4.78, 5) is 15.4. The molecule has 22 heavy (non-hydrogen) atoms. The number of aromatic nitrogens is 1. The highest BCUT2D eigenvalue weighted by Crippen LogP contribution is 2.14. The molecule has 2 aromatic rings. The number of aliphatic hydroxyl groups excluding tert-OH is 1. The Morgan fingerprint density at radius 2 is 2.09 bits per heavy atom. The fraction of sp³-hybridized carbons (Fsp3) is 0.176. The van der Waals surface area contributed by atoms with Crippen LogP contribution in [0.3, 0.4) is 0 Å². The number of aliphatic hydroxyl groups is 1. The first-order valence-electron chi connectivity index (χ1n) is 6.96. The van der Waals surface area contributed by atoms with Gasteiger partial charge in [0.15, 0.2) is 0 Å². The van der Waals surface area contributed by atoms with E-state index < -0.39 is 0 Å². The third-order valence-corrected chi connectivity index (χ3v) is 2.85. The molecule has 0 atom stereocenters. The highest BCUT2D eigenvalue weighted by atomic mass is 16.5. The Bertz CT molecular complexity index is 610. The number of ether oxygens (including phenoxy) is 1. The third-order valence-electron chi connectivity index (χ3n) is 2.85. The van der Waals surface area contributed by atoms with Gasteiger partial charge < -0.3 is 15.2 Å². The molecule has 0 unspecified atom stereocenters. The molecule has 5 nitrogen and oxygen atoms in total. The van der Waals surface area contributed by atoms with Gasteiger partial charge in [0.05, 0.1) is 6.61 Å². The smallest absolute Gasteiger partial charge is 0.244 e. The first-order chi connectivity index (χ1) is 10.8. The van der Waals surface area contributed by atoms with Crippen LogP contribution in [0.15, 0.2) is 54.9 Å². The van der Waals surface area contributed by atoms with Gasteiger partial charge in [-0.3, -0.25) is 9.78 Å². The van der Waals surface area contributed by atoms with E-state index in [1.165, 1.54) is 6.08 Å². The molecule has 1 aromatic carbocycles. The monoisotopic (exact) mass is 298 g/mol. The summed E-state index contributed by atoms with van der Waals surface area (Å²) >= 11 is 0. The van der Waals surface area contributed by atoms with Crippen LogP contribution in [0, 0.1) is 0 Å². The van der Waals surface area contributed by atoms with Gasteiger partial charge in [0.1, 0.15) is 12.4 Å². The van der Waals surface area contributed by atoms with Crippen LogP contribution in [0.5, 0.6) is 5.75 Å². The van der Waals surface area contributed by atoms with Crippen molar-refractivity contribution in [2.75, 3.05) is 13.2 Å². The van der Waals surface area contributed by atoms with E-state index in [2.05, 4.69) is 10.3 Å². The number of pyridine rings is 1. The van der Waals surface area contributed by atoms with Gasteiger partial charge in [-0.2, -0.15) is 0 Å². The number of hydrogen-bond donors (Lipinski definition) is 2. The average molecular weight is 298 g/mol. The molecular weight excluding hydrogens is 280 g/mol. The zero-order valence-corrected chi connectivity index (χ0v) is 12.1. The van der Waals surface area contributed by atoms with Crippen LogP contribution in [-0.4, -0.2) is 29.1 Å². The number of amides is 1. The minimum absolute atomic E-state index is 0.0669. The molecule has 0 saturated carbocycles. The summed E-state index contributed by atoms with van der Waals surface area (Å²) in [6, 6.07) is 11.3. The molecule has 114 valence electrons. The van der Waals surface area contributed by atoms with Gasteiger partial charge >= 0.3 is 0 Å². The molecule has 0 aliphatic heterocycles. The second-order valence-electron chi connectivity index (χ2n) is 4.57. The molecular formula is C17H18N2O3. The van der Waals surface area contributed by atoms with Crippen molar-refractivity contribution in [2.45, 2.75) is 6.61 Å². The molecule has 1 aromatic heterocycles. The molecule has 0 fully saturated rings. The lowest BCUT2D eigenvalue weighted by Gasteiger charge is -2.06. The Balaban J connectivity index is 1.85. The van der Waals surface area contributed by atoms with Crippen molar-refractivity contribution in [3.05, 3.63) is 66.0 Å². The van der Waals surface area contributed by atoms with Crippen molar-refractivity contribution in [2.24, 2.45) is 0 Å². The number of hydrogen-bond acceptors (Lipinski definition) is 4. The minimum Gasteiger partial charge on any atom is -0.489 e. The van der Waals surface area contributed by atoms with Crippen LogP contribution in [-0.2, 0) is 11.4 Å². The van der Waals surface area contributed by atoms with Crippen molar-refractivity contribution in [3.8, 4) is 5.75 Å². The first kappa shape index (κ1) is 15.7. The molecule has 2 N–H and O–H groups in total. The third kappa shape index (κ3) is 5.38. The van der Waals surface area contributed by atoms with Gasteiger partial charge in [0.25, 0.3) is 0 Å². The summed E-state index contributed by atoms with van der Waals surface area (Å²) in [5, 5.41) is 11.2. The van der Waals surface area contributed by atoms with E-state index in [-0.39, 0.29) is 19.1 Å². The lowest BCUT2D eigenvalue weighted by Crippen LogP contribution is -2.24. The topological polar surface area (TPSA) is 71.5 Å². The molecule has 0 radical (unpaired) electrons. The van der Waals surface area contributed by atoms with E-state index in [1.807, 2.05) is 36.4 Å². The van der Waals surface area contributed by atoms with Crippen LogP contribution in [0.25, 0.3) is 6.08 Å². The maximum atomic E-state index is 11.4. The van der Waals surface area contributed by atoms with Crippen molar-refractivity contribution in [1.29, 1.82) is 0 Å². The second kappa shape index (κ2) is 8.59. The van der Waals surface area contributed by atoms with Gasteiger partial charge in [-0.25, -0.2) is 0 Å². The predicted molar refractivity (Wildman–Crippen MR) is 84.1 cm³/mol. The summed E-state index contributed by atoms with van der Waals surface area (Å²) in [7, 11) is 0. The van der Waals surface area contributed by atoms with Crippen LogP contribution in [0.1, 0.15) is 11.1 Å². The summed E-state index contributed by atoms with van der Waals surface area (Å²) in [5.74, 6) is 0.525. The summed E-state index contributed by atoms with van der Waals surface area (Å²) < 4.78 is 5.65. The van der Waals surface area contributed by atoms with Gasteiger partial charge in [0, 0.05) is 30.6 Å². The fourth-order valence-corrected chi connectivity index (χ4v) is 1.74. The lowest BCUT2D eigenvalue weighted by molar-refractivity contribution is -0.116. The van der Waals surface area contributed by atoms with E-state index in [0.29, 0.717) is 6.61 Å². The molecule has 0 bridgehead atoms. The second-order valence-corrected chi connectivity index (χ2v) is 4.57. The number of carbonyl (C=O) groups is 1. The average Bonchev–Trinajstić information content (AvgIpc) is 2.58. The van der Waals surface area contributed by atoms with Gasteiger partial charge in [-0.15, -0.1) is 0 Å². The minimum atomic E-state index is -0.231. The molecule has 1 heterocycles. The van der Waals surface area contributed by atoms with E-state index in [9.17, 15) is 4.79 Å². The van der Waals surface area contributed by atoms with Gasteiger partial charge in [-0.05, 0) is 29.8 Å². The van der Waals surface area contributed by atoms with Crippen molar-refractivity contribution >= 4 is 12.0 Å². The van der Waals surface area contributed by atoms with Gasteiger partial charge in [-0.1, -0.05) is 18.2 Å². The zero-order chi connectivity index (χ0) is 15.6. The van der Waals surface area contributed by atoms with E-state index in [4.69, 9.17) is 9.84 Å². The number of nitrogens with zero attached hydrogens (tertiary/aromatic N) is 1. The molecule has 0 saturated heterocycles. The SMILES string of the molecule is O=C(/C=C/c1ccc(OCc2cccnc2)cc1)NCCO. The fourth-order valence-electron chi connectivity index (χ4n) is 1.74. The van der Waals surface area contributed by atoms with Crippen LogP contribution >= 0.6 is 0 Å². The normalized spacial score (nSPS) is 10.6. The zero-order valence-electron chi connectivity index (χ0n) is 12.1. The molecule has 0 spiro atoms.